The van der Waals surface area contributed by atoms with Crippen molar-refractivity contribution in [1.29, 1.82) is 0 Å². The van der Waals surface area contributed by atoms with Gasteiger partial charge in [-0.05, 0) is 26.8 Å². The Hall–Kier alpha value is -0.0800. The fourth-order valence-electron chi connectivity index (χ4n) is 1.91. The molecule has 0 aliphatic rings. The van der Waals surface area contributed by atoms with Crippen molar-refractivity contribution in [3.63, 3.8) is 0 Å². The highest BCUT2D eigenvalue weighted by molar-refractivity contribution is 4.78. The second-order valence-corrected chi connectivity index (χ2v) is 4.14. The topological polar surface area (TPSA) is 29.3 Å². The standard InChI is InChI=1S/C11H26N2/c1-6-10(7-2)11(8-12)13(5)9(3)4/h9-11H,6-8,12H2,1-5H3. The first-order chi connectivity index (χ1) is 6.08. The van der Waals surface area contributed by atoms with Gasteiger partial charge in [0.15, 0.2) is 0 Å². The third-order valence-electron chi connectivity index (χ3n) is 3.17. The molecule has 0 aromatic rings. The van der Waals surface area contributed by atoms with Gasteiger partial charge >= 0.3 is 0 Å². The molecule has 0 saturated heterocycles. The molecule has 0 spiro atoms. The van der Waals surface area contributed by atoms with Crippen molar-refractivity contribution in [3.05, 3.63) is 0 Å². The van der Waals surface area contributed by atoms with Crippen molar-refractivity contribution in [1.82, 2.24) is 4.90 Å². The van der Waals surface area contributed by atoms with Crippen LogP contribution in [0, 0.1) is 5.92 Å². The summed E-state index contributed by atoms with van der Waals surface area (Å²) in [6, 6.07) is 1.14. The molecule has 80 valence electrons. The van der Waals surface area contributed by atoms with Gasteiger partial charge in [-0.25, -0.2) is 0 Å². The van der Waals surface area contributed by atoms with E-state index >= 15 is 0 Å². The van der Waals surface area contributed by atoms with Crippen LogP contribution in [0.25, 0.3) is 0 Å². The van der Waals surface area contributed by atoms with Crippen LogP contribution >= 0.6 is 0 Å². The molecule has 2 N–H and O–H groups in total. The summed E-state index contributed by atoms with van der Waals surface area (Å²) in [5, 5.41) is 0. The van der Waals surface area contributed by atoms with Crippen molar-refractivity contribution in [2.75, 3.05) is 13.6 Å². The van der Waals surface area contributed by atoms with Crippen LogP contribution in [0.4, 0.5) is 0 Å². The van der Waals surface area contributed by atoms with Crippen LogP contribution in [0.3, 0.4) is 0 Å². The quantitative estimate of drug-likeness (QED) is 0.688. The number of hydrogen-bond acceptors (Lipinski definition) is 2. The number of hydrogen-bond donors (Lipinski definition) is 1. The summed E-state index contributed by atoms with van der Waals surface area (Å²) in [7, 11) is 2.18. The van der Waals surface area contributed by atoms with Crippen molar-refractivity contribution < 1.29 is 0 Å². The smallest absolute Gasteiger partial charge is 0.0246 e. The van der Waals surface area contributed by atoms with E-state index in [1.807, 2.05) is 0 Å². The average molecular weight is 186 g/mol. The summed E-state index contributed by atoms with van der Waals surface area (Å²) in [6.45, 7) is 9.74. The molecule has 0 heterocycles. The van der Waals surface area contributed by atoms with Crippen LogP contribution in [0.2, 0.25) is 0 Å². The van der Waals surface area contributed by atoms with Gasteiger partial charge in [-0.2, -0.15) is 0 Å². The lowest BCUT2D eigenvalue weighted by molar-refractivity contribution is 0.139. The second-order valence-electron chi connectivity index (χ2n) is 4.14. The maximum atomic E-state index is 5.82. The zero-order chi connectivity index (χ0) is 10.4. The summed E-state index contributed by atoms with van der Waals surface area (Å²) in [5.41, 5.74) is 5.82. The minimum Gasteiger partial charge on any atom is -0.329 e. The van der Waals surface area contributed by atoms with E-state index < -0.39 is 0 Å². The van der Waals surface area contributed by atoms with E-state index in [2.05, 4.69) is 39.6 Å². The third-order valence-corrected chi connectivity index (χ3v) is 3.17. The van der Waals surface area contributed by atoms with Gasteiger partial charge in [-0.15, -0.1) is 0 Å². The van der Waals surface area contributed by atoms with Crippen LogP contribution in [0.5, 0.6) is 0 Å². The molecule has 0 aliphatic heterocycles. The monoisotopic (exact) mass is 186 g/mol. The largest absolute Gasteiger partial charge is 0.329 e. The molecule has 0 bridgehead atoms. The highest BCUT2D eigenvalue weighted by Gasteiger charge is 2.22. The first kappa shape index (κ1) is 12.9. The van der Waals surface area contributed by atoms with E-state index in [-0.39, 0.29) is 0 Å². The number of likely N-dealkylation sites (N-methyl/N-ethyl adjacent to an activating group) is 1. The number of nitrogens with zero attached hydrogens (tertiary/aromatic N) is 1. The Kier molecular flexibility index (Phi) is 6.35. The highest BCUT2D eigenvalue weighted by Crippen LogP contribution is 2.18. The van der Waals surface area contributed by atoms with Gasteiger partial charge in [0.05, 0.1) is 0 Å². The lowest BCUT2D eigenvalue weighted by Gasteiger charge is -2.35. The molecule has 13 heavy (non-hydrogen) atoms. The van der Waals surface area contributed by atoms with Crippen LogP contribution in [-0.4, -0.2) is 30.6 Å². The van der Waals surface area contributed by atoms with Gasteiger partial charge in [0, 0.05) is 18.6 Å². The molecule has 2 heteroatoms. The highest BCUT2D eigenvalue weighted by atomic mass is 15.2. The van der Waals surface area contributed by atoms with E-state index in [1.165, 1.54) is 12.8 Å². The van der Waals surface area contributed by atoms with Crippen molar-refractivity contribution in [2.24, 2.45) is 11.7 Å². The molecule has 0 amide bonds. The van der Waals surface area contributed by atoms with Gasteiger partial charge < -0.3 is 5.73 Å². The van der Waals surface area contributed by atoms with Crippen LogP contribution in [0.15, 0.2) is 0 Å². The predicted molar refractivity (Wildman–Crippen MR) is 59.8 cm³/mol. The van der Waals surface area contributed by atoms with Crippen LogP contribution in [-0.2, 0) is 0 Å². The van der Waals surface area contributed by atoms with E-state index in [0.29, 0.717) is 12.1 Å². The Labute approximate surface area is 83.5 Å². The Bertz CT molecular complexity index is 117. The molecule has 0 aliphatic carbocycles. The molecular formula is C11H26N2. The Morgan fingerprint density at radius 3 is 1.85 bits per heavy atom. The molecule has 0 rings (SSSR count). The van der Waals surface area contributed by atoms with E-state index in [9.17, 15) is 0 Å². The maximum absolute atomic E-state index is 5.82. The third kappa shape index (κ3) is 3.65. The zero-order valence-corrected chi connectivity index (χ0v) is 9.88. The van der Waals surface area contributed by atoms with Gasteiger partial charge in [-0.1, -0.05) is 26.7 Å². The Morgan fingerprint density at radius 1 is 1.15 bits per heavy atom. The first-order valence-corrected chi connectivity index (χ1v) is 5.50. The normalized spacial score (nSPS) is 14.5. The SMILES string of the molecule is CCC(CC)C(CN)N(C)C(C)C. The summed E-state index contributed by atoms with van der Waals surface area (Å²) in [4.78, 5) is 2.40. The minimum absolute atomic E-state index is 0.551. The predicted octanol–water partition coefficient (Wildman–Crippen LogP) is 2.09. The fourth-order valence-corrected chi connectivity index (χ4v) is 1.91. The summed E-state index contributed by atoms with van der Waals surface area (Å²) in [6.07, 6.45) is 2.46. The molecule has 1 atom stereocenters. The average Bonchev–Trinajstić information content (AvgIpc) is 2.12. The Morgan fingerprint density at radius 2 is 1.62 bits per heavy atom. The Balaban J connectivity index is 4.29. The van der Waals surface area contributed by atoms with Crippen molar-refractivity contribution >= 4 is 0 Å². The summed E-state index contributed by atoms with van der Waals surface area (Å²) >= 11 is 0. The lowest BCUT2D eigenvalue weighted by atomic mass is 9.92. The van der Waals surface area contributed by atoms with Crippen molar-refractivity contribution in [3.8, 4) is 0 Å². The van der Waals surface area contributed by atoms with Gasteiger partial charge in [0.25, 0.3) is 0 Å². The second kappa shape index (κ2) is 6.39. The summed E-state index contributed by atoms with van der Waals surface area (Å²) < 4.78 is 0. The zero-order valence-electron chi connectivity index (χ0n) is 9.88. The van der Waals surface area contributed by atoms with Gasteiger partial charge in [0.2, 0.25) is 0 Å². The maximum Gasteiger partial charge on any atom is 0.0246 e. The molecule has 0 aromatic carbocycles. The molecule has 0 fully saturated rings. The molecule has 0 radical (unpaired) electrons. The van der Waals surface area contributed by atoms with Crippen LogP contribution in [0.1, 0.15) is 40.5 Å². The molecule has 0 aromatic heterocycles. The van der Waals surface area contributed by atoms with Crippen molar-refractivity contribution in [2.45, 2.75) is 52.6 Å². The van der Waals surface area contributed by atoms with E-state index in [1.54, 1.807) is 0 Å². The number of rotatable bonds is 6. The van der Waals surface area contributed by atoms with E-state index in [0.717, 1.165) is 12.5 Å². The molecule has 1 unspecified atom stereocenters. The molecule has 0 saturated carbocycles. The minimum atomic E-state index is 0.551. The van der Waals surface area contributed by atoms with E-state index in [4.69, 9.17) is 5.73 Å². The van der Waals surface area contributed by atoms with Crippen LogP contribution < -0.4 is 5.73 Å². The molecule has 2 nitrogen and oxygen atoms in total. The molecular weight excluding hydrogens is 160 g/mol. The lowest BCUT2D eigenvalue weighted by Crippen LogP contribution is -2.46. The van der Waals surface area contributed by atoms with Gasteiger partial charge in [0.1, 0.15) is 0 Å². The first-order valence-electron chi connectivity index (χ1n) is 5.50. The fraction of sp³-hybridized carbons (Fsp3) is 1.00. The number of nitrogens with two attached hydrogens (primary N) is 1. The van der Waals surface area contributed by atoms with Gasteiger partial charge in [-0.3, -0.25) is 4.90 Å². The summed E-state index contributed by atoms with van der Waals surface area (Å²) in [5.74, 6) is 0.748.